The summed E-state index contributed by atoms with van der Waals surface area (Å²) in [6.45, 7) is 1.01. The van der Waals surface area contributed by atoms with Crippen LogP contribution in [0.5, 0.6) is 0 Å². The molecule has 1 aromatic carbocycles. The molecule has 19 heavy (non-hydrogen) atoms. The molecule has 98 valence electrons. The average Bonchev–Trinajstić information content (AvgIpc) is 2.25. The maximum absolute atomic E-state index is 12.0. The molecule has 0 aliphatic heterocycles. The van der Waals surface area contributed by atoms with Crippen LogP contribution in [0.4, 0.5) is 0 Å². The molecule has 0 radical (unpaired) electrons. The molecule has 8 heteroatoms. The molecule has 0 saturated carbocycles. The predicted molar refractivity (Wildman–Crippen MR) is 61.4 cm³/mol. The maximum Gasteiger partial charge on any atom is 1.00 e. The first-order valence-corrected chi connectivity index (χ1v) is 6.31. The van der Waals surface area contributed by atoms with E-state index in [4.69, 9.17) is 0 Å². The second-order valence-corrected chi connectivity index (χ2v) is 5.97. The van der Waals surface area contributed by atoms with Crippen molar-refractivity contribution in [1.82, 2.24) is 0 Å². The van der Waals surface area contributed by atoms with E-state index in [1.54, 1.807) is 6.07 Å². The third kappa shape index (κ3) is 2.81. The van der Waals surface area contributed by atoms with E-state index >= 15 is 0 Å². The van der Waals surface area contributed by atoms with Gasteiger partial charge in [0, 0.05) is 17.5 Å². The fourth-order valence-corrected chi connectivity index (χ4v) is 2.54. The van der Waals surface area contributed by atoms with Crippen LogP contribution in [-0.4, -0.2) is 34.8 Å². The van der Waals surface area contributed by atoms with Crippen molar-refractivity contribution < 1.29 is 57.6 Å². The van der Waals surface area contributed by atoms with Crippen LogP contribution in [0.2, 0.25) is 0 Å². The summed E-state index contributed by atoms with van der Waals surface area (Å²) in [5, 5.41) is 0. The van der Waals surface area contributed by atoms with E-state index in [9.17, 15) is 22.6 Å². The van der Waals surface area contributed by atoms with Gasteiger partial charge < -0.3 is 10.0 Å². The van der Waals surface area contributed by atoms with Gasteiger partial charge in [-0.1, -0.05) is 24.3 Å². The zero-order valence-corrected chi connectivity index (χ0v) is 13.3. The average molecular weight is 294 g/mol. The van der Waals surface area contributed by atoms with Gasteiger partial charge in [0.15, 0.2) is 11.6 Å². The Labute approximate surface area is 132 Å². The van der Waals surface area contributed by atoms with E-state index < -0.39 is 32.9 Å². The number of carbonyl (C=O) groups is 2. The molecule has 0 bridgehead atoms. The molecule has 0 fully saturated rings. The quantitative estimate of drug-likeness (QED) is 0.402. The van der Waals surface area contributed by atoms with Gasteiger partial charge in [-0.2, -0.15) is 0 Å². The van der Waals surface area contributed by atoms with E-state index in [0.29, 0.717) is 0 Å². The predicted octanol–water partition coefficient (Wildman–Crippen LogP) is -3.06. The Balaban J connectivity index is 0.00000162. The Morgan fingerprint density at radius 3 is 2.11 bits per heavy atom. The first-order valence-electron chi connectivity index (χ1n) is 4.90. The van der Waals surface area contributed by atoms with Gasteiger partial charge in [0.2, 0.25) is 0 Å². The van der Waals surface area contributed by atoms with Gasteiger partial charge in [0.25, 0.3) is 0 Å². The number of carbonyl (C=O) groups excluding carboxylic acids is 2. The number of rotatable bonds is 1. The largest absolute Gasteiger partial charge is 1.00 e. The summed E-state index contributed by atoms with van der Waals surface area (Å²) in [6.07, 6.45) is -0.589. The van der Waals surface area contributed by atoms with Crippen molar-refractivity contribution >= 4 is 21.7 Å². The monoisotopic (exact) mass is 294 g/mol. The van der Waals surface area contributed by atoms with Crippen molar-refractivity contribution in [3.05, 3.63) is 35.4 Å². The van der Waals surface area contributed by atoms with Crippen LogP contribution >= 0.6 is 0 Å². The fraction of sp³-hybridized carbons (Fsp3) is 0.273. The van der Waals surface area contributed by atoms with Gasteiger partial charge in [0.05, 0.1) is 0 Å². The molecule has 0 heterocycles. The van der Waals surface area contributed by atoms with Crippen molar-refractivity contribution in [2.45, 2.75) is 18.1 Å². The zero-order valence-electron chi connectivity index (χ0n) is 10.5. The molecule has 0 amide bonds. The number of benzene rings is 1. The Morgan fingerprint density at radius 1 is 1.16 bits per heavy atom. The molecule has 0 spiro atoms. The van der Waals surface area contributed by atoms with Gasteiger partial charge in [-0.25, -0.2) is 8.42 Å². The SMILES string of the molecule is CC1(S(=O)(=O)[O-])CC(=O)c2ccccc2C1=O.O.[Na+]. The molecule has 0 aromatic heterocycles. The molecule has 6 nitrogen and oxygen atoms in total. The second kappa shape index (κ2) is 5.82. The van der Waals surface area contributed by atoms with Crippen LogP contribution in [-0.2, 0) is 10.1 Å². The van der Waals surface area contributed by atoms with E-state index in [2.05, 4.69) is 0 Å². The molecular formula is C11H11NaO6S. The second-order valence-electron chi connectivity index (χ2n) is 4.16. The van der Waals surface area contributed by atoms with Crippen molar-refractivity contribution in [1.29, 1.82) is 0 Å². The molecule has 0 saturated heterocycles. The molecule has 2 N–H and O–H groups in total. The third-order valence-electron chi connectivity index (χ3n) is 3.00. The van der Waals surface area contributed by atoms with Crippen molar-refractivity contribution in [3.8, 4) is 0 Å². The van der Waals surface area contributed by atoms with Gasteiger partial charge in [-0.15, -0.1) is 0 Å². The fourth-order valence-electron chi connectivity index (χ4n) is 1.89. The topological polar surface area (TPSA) is 123 Å². The normalized spacial score (nSPS) is 22.0. The summed E-state index contributed by atoms with van der Waals surface area (Å²) in [6, 6.07) is 5.91. The van der Waals surface area contributed by atoms with Gasteiger partial charge in [0.1, 0.15) is 14.9 Å². The number of ketones is 2. The first-order chi connectivity index (χ1) is 7.77. The Kier molecular flexibility index (Phi) is 5.65. The van der Waals surface area contributed by atoms with Crippen LogP contribution in [0.15, 0.2) is 24.3 Å². The number of hydrogen-bond acceptors (Lipinski definition) is 5. The maximum atomic E-state index is 12.0. The van der Waals surface area contributed by atoms with E-state index in [0.717, 1.165) is 6.92 Å². The third-order valence-corrected chi connectivity index (χ3v) is 4.44. The van der Waals surface area contributed by atoms with Crippen molar-refractivity contribution in [2.75, 3.05) is 0 Å². The summed E-state index contributed by atoms with van der Waals surface area (Å²) in [4.78, 5) is 23.7. The smallest absolute Gasteiger partial charge is 0.747 e. The minimum absolute atomic E-state index is 0. The molecule has 1 aliphatic rings. The summed E-state index contributed by atoms with van der Waals surface area (Å²) < 4.78 is 31.3. The van der Waals surface area contributed by atoms with Crippen LogP contribution < -0.4 is 29.6 Å². The summed E-state index contributed by atoms with van der Waals surface area (Å²) in [5.41, 5.74) is 0.185. The summed E-state index contributed by atoms with van der Waals surface area (Å²) in [7, 11) is -4.87. The van der Waals surface area contributed by atoms with Crippen molar-refractivity contribution in [3.63, 3.8) is 0 Å². The molecule has 1 atom stereocenters. The molecule has 1 aromatic rings. The molecule has 2 rings (SSSR count). The Morgan fingerprint density at radius 2 is 1.63 bits per heavy atom. The zero-order chi connectivity index (χ0) is 12.8. The molecule has 1 aliphatic carbocycles. The van der Waals surface area contributed by atoms with Gasteiger partial charge in [-0.05, 0) is 6.92 Å². The van der Waals surface area contributed by atoms with Gasteiger partial charge >= 0.3 is 29.6 Å². The minimum Gasteiger partial charge on any atom is -0.747 e. The van der Waals surface area contributed by atoms with Crippen molar-refractivity contribution in [2.24, 2.45) is 0 Å². The van der Waals surface area contributed by atoms with Gasteiger partial charge in [-0.3, -0.25) is 9.59 Å². The number of Topliss-reactive ketones (excluding diaryl/α,β-unsaturated/α-hetero) is 2. The number of hydrogen-bond donors (Lipinski definition) is 0. The Bertz CT molecular complexity index is 624. The van der Waals surface area contributed by atoms with Crippen LogP contribution in [0.25, 0.3) is 0 Å². The van der Waals surface area contributed by atoms with E-state index in [-0.39, 0.29) is 46.2 Å². The minimum atomic E-state index is -4.87. The van der Waals surface area contributed by atoms with E-state index in [1.165, 1.54) is 18.2 Å². The summed E-state index contributed by atoms with van der Waals surface area (Å²) in [5.74, 6) is -1.30. The first kappa shape index (κ1) is 18.4. The standard InChI is InChI=1S/C11H10O5S.Na.H2O/c1-11(17(14,15)16)6-9(12)7-4-2-3-5-8(7)10(11)13;;/h2-5H,6H2,1H3,(H,14,15,16);;1H2/q;+1;/p-1. The number of fused-ring (bicyclic) bond motifs is 1. The van der Waals surface area contributed by atoms with Crippen LogP contribution in [0.3, 0.4) is 0 Å². The summed E-state index contributed by atoms with van der Waals surface area (Å²) >= 11 is 0. The van der Waals surface area contributed by atoms with Crippen LogP contribution in [0.1, 0.15) is 34.1 Å². The Hall–Kier alpha value is -0.570. The van der Waals surface area contributed by atoms with Crippen LogP contribution in [0, 0.1) is 0 Å². The van der Waals surface area contributed by atoms with E-state index in [1.807, 2.05) is 0 Å². The molecule has 1 unspecified atom stereocenters. The molecular weight excluding hydrogens is 283 g/mol.